The smallest absolute Gasteiger partial charge is 0.0191 e. The van der Waals surface area contributed by atoms with Crippen molar-refractivity contribution < 1.29 is 0 Å². The van der Waals surface area contributed by atoms with E-state index in [2.05, 4.69) is 43.4 Å². The van der Waals surface area contributed by atoms with Crippen molar-refractivity contribution in [3.8, 4) is 0 Å². The van der Waals surface area contributed by atoms with Crippen LogP contribution in [0.25, 0.3) is 0 Å². The second-order valence-corrected chi connectivity index (χ2v) is 6.64. The van der Waals surface area contributed by atoms with Gasteiger partial charge in [-0.05, 0) is 31.9 Å². The molecule has 1 aliphatic rings. The van der Waals surface area contributed by atoms with Gasteiger partial charge in [-0.15, -0.1) is 11.8 Å². The zero-order chi connectivity index (χ0) is 12.1. The van der Waals surface area contributed by atoms with Crippen molar-refractivity contribution in [3.05, 3.63) is 29.8 Å². The van der Waals surface area contributed by atoms with Gasteiger partial charge in [-0.1, -0.05) is 37.5 Å². The third kappa shape index (κ3) is 4.36. The molecule has 2 rings (SSSR count). The Hall–Kier alpha value is -0.470. The Morgan fingerprint density at radius 1 is 1.24 bits per heavy atom. The van der Waals surface area contributed by atoms with E-state index in [0.717, 1.165) is 12.6 Å². The molecule has 17 heavy (non-hydrogen) atoms. The Bertz CT molecular complexity index is 327. The second-order valence-electron chi connectivity index (χ2n) is 5.13. The molecule has 0 bridgehead atoms. The molecule has 0 amide bonds. The average molecular weight is 249 g/mol. The molecule has 1 saturated carbocycles. The highest BCUT2D eigenvalue weighted by Crippen LogP contribution is 2.24. The normalized spacial score (nSPS) is 18.5. The van der Waals surface area contributed by atoms with E-state index in [-0.39, 0.29) is 0 Å². The van der Waals surface area contributed by atoms with Crippen LogP contribution in [0.5, 0.6) is 0 Å². The summed E-state index contributed by atoms with van der Waals surface area (Å²) >= 11 is 1.97. The minimum Gasteiger partial charge on any atom is -0.313 e. The number of benzene rings is 1. The van der Waals surface area contributed by atoms with E-state index in [1.165, 1.54) is 36.1 Å². The van der Waals surface area contributed by atoms with Crippen LogP contribution >= 0.6 is 11.8 Å². The van der Waals surface area contributed by atoms with Crippen LogP contribution in [0.1, 0.15) is 38.2 Å². The standard InChI is InChI=1S/C15H23NS/c1-12-7-9-15(10-8-12)17-13(2)11-16-14-5-3-4-6-14/h7-10,13-14,16H,3-6,11H2,1-2H3. The highest BCUT2D eigenvalue weighted by atomic mass is 32.2. The fourth-order valence-corrected chi connectivity index (χ4v) is 3.29. The zero-order valence-corrected chi connectivity index (χ0v) is 11.7. The van der Waals surface area contributed by atoms with Gasteiger partial charge >= 0.3 is 0 Å². The number of thioether (sulfide) groups is 1. The summed E-state index contributed by atoms with van der Waals surface area (Å²) in [6.07, 6.45) is 5.58. The molecule has 1 unspecified atom stereocenters. The lowest BCUT2D eigenvalue weighted by Crippen LogP contribution is -2.31. The third-order valence-electron chi connectivity index (χ3n) is 3.41. The van der Waals surface area contributed by atoms with E-state index in [0.29, 0.717) is 5.25 Å². The summed E-state index contributed by atoms with van der Waals surface area (Å²) in [5, 5.41) is 4.34. The van der Waals surface area contributed by atoms with Crippen molar-refractivity contribution in [2.24, 2.45) is 0 Å². The molecule has 0 heterocycles. The first-order valence-corrected chi connectivity index (χ1v) is 7.59. The van der Waals surface area contributed by atoms with Gasteiger partial charge in [-0.2, -0.15) is 0 Å². The highest BCUT2D eigenvalue weighted by molar-refractivity contribution is 8.00. The molecule has 1 aromatic rings. The fourth-order valence-electron chi connectivity index (χ4n) is 2.35. The maximum Gasteiger partial charge on any atom is 0.0191 e. The number of hydrogen-bond acceptors (Lipinski definition) is 2. The quantitative estimate of drug-likeness (QED) is 0.791. The molecule has 1 fully saturated rings. The van der Waals surface area contributed by atoms with Crippen LogP contribution in [0.4, 0.5) is 0 Å². The summed E-state index contributed by atoms with van der Waals surface area (Å²) in [5.41, 5.74) is 1.34. The molecule has 0 saturated heterocycles. The first-order valence-electron chi connectivity index (χ1n) is 6.71. The zero-order valence-electron chi connectivity index (χ0n) is 10.9. The van der Waals surface area contributed by atoms with Gasteiger partial charge in [0.15, 0.2) is 0 Å². The number of nitrogens with one attached hydrogen (secondary N) is 1. The van der Waals surface area contributed by atoms with E-state index >= 15 is 0 Å². The predicted molar refractivity (Wildman–Crippen MR) is 76.8 cm³/mol. The van der Waals surface area contributed by atoms with Crippen LogP contribution in [0.2, 0.25) is 0 Å². The Morgan fingerprint density at radius 3 is 2.53 bits per heavy atom. The third-order valence-corrected chi connectivity index (χ3v) is 4.52. The summed E-state index contributed by atoms with van der Waals surface area (Å²) in [5.74, 6) is 0. The molecule has 0 spiro atoms. The van der Waals surface area contributed by atoms with E-state index in [4.69, 9.17) is 0 Å². The molecule has 0 aromatic heterocycles. The van der Waals surface area contributed by atoms with Gasteiger partial charge in [0.25, 0.3) is 0 Å². The monoisotopic (exact) mass is 249 g/mol. The number of aryl methyl sites for hydroxylation is 1. The summed E-state index contributed by atoms with van der Waals surface area (Å²) in [4.78, 5) is 1.39. The van der Waals surface area contributed by atoms with E-state index in [1.807, 2.05) is 11.8 Å². The number of rotatable bonds is 5. The van der Waals surface area contributed by atoms with Gasteiger partial charge in [-0.25, -0.2) is 0 Å². The summed E-state index contributed by atoms with van der Waals surface area (Å²) in [7, 11) is 0. The molecule has 1 nitrogen and oxygen atoms in total. The lowest BCUT2D eigenvalue weighted by atomic mass is 10.2. The van der Waals surface area contributed by atoms with Gasteiger partial charge in [0.2, 0.25) is 0 Å². The first kappa shape index (κ1) is 13.0. The van der Waals surface area contributed by atoms with E-state index < -0.39 is 0 Å². The molecule has 2 heteroatoms. The second kappa shape index (κ2) is 6.46. The molecule has 1 atom stereocenters. The van der Waals surface area contributed by atoms with Crippen molar-refractivity contribution in [3.63, 3.8) is 0 Å². The van der Waals surface area contributed by atoms with Gasteiger partial charge in [0.05, 0.1) is 0 Å². The molecule has 1 aromatic carbocycles. The van der Waals surface area contributed by atoms with Crippen molar-refractivity contribution in [1.29, 1.82) is 0 Å². The van der Waals surface area contributed by atoms with E-state index in [9.17, 15) is 0 Å². The summed E-state index contributed by atoms with van der Waals surface area (Å²) < 4.78 is 0. The topological polar surface area (TPSA) is 12.0 Å². The Balaban J connectivity index is 1.72. The molecular formula is C15H23NS. The summed E-state index contributed by atoms with van der Waals surface area (Å²) in [6.45, 7) is 5.58. The van der Waals surface area contributed by atoms with E-state index in [1.54, 1.807) is 0 Å². The van der Waals surface area contributed by atoms with Crippen LogP contribution in [0, 0.1) is 6.92 Å². The van der Waals surface area contributed by atoms with Gasteiger partial charge in [-0.3, -0.25) is 0 Å². The minimum atomic E-state index is 0.651. The maximum atomic E-state index is 3.69. The van der Waals surface area contributed by atoms with Crippen molar-refractivity contribution in [2.75, 3.05) is 6.54 Å². The molecule has 1 N–H and O–H groups in total. The van der Waals surface area contributed by atoms with Crippen LogP contribution in [-0.2, 0) is 0 Å². The maximum absolute atomic E-state index is 3.69. The number of hydrogen-bond donors (Lipinski definition) is 1. The largest absolute Gasteiger partial charge is 0.313 e. The van der Waals surface area contributed by atoms with Crippen LogP contribution in [-0.4, -0.2) is 17.8 Å². The van der Waals surface area contributed by atoms with Crippen molar-refractivity contribution >= 4 is 11.8 Å². The molecule has 0 aliphatic heterocycles. The molecular weight excluding hydrogens is 226 g/mol. The molecule has 0 radical (unpaired) electrons. The lowest BCUT2D eigenvalue weighted by molar-refractivity contribution is 0.527. The fraction of sp³-hybridized carbons (Fsp3) is 0.600. The lowest BCUT2D eigenvalue weighted by Gasteiger charge is -2.16. The van der Waals surface area contributed by atoms with Crippen LogP contribution in [0.3, 0.4) is 0 Å². The molecule has 1 aliphatic carbocycles. The Kier molecular flexibility index (Phi) is 4.93. The molecule has 94 valence electrons. The van der Waals surface area contributed by atoms with Crippen molar-refractivity contribution in [2.45, 2.75) is 55.7 Å². The minimum absolute atomic E-state index is 0.651. The average Bonchev–Trinajstić information content (AvgIpc) is 2.83. The van der Waals surface area contributed by atoms with Crippen molar-refractivity contribution in [1.82, 2.24) is 5.32 Å². The van der Waals surface area contributed by atoms with Crippen LogP contribution in [0.15, 0.2) is 29.2 Å². The Labute approximate surface area is 109 Å². The Morgan fingerprint density at radius 2 is 1.88 bits per heavy atom. The van der Waals surface area contributed by atoms with Gasteiger partial charge < -0.3 is 5.32 Å². The van der Waals surface area contributed by atoms with Gasteiger partial charge in [0.1, 0.15) is 0 Å². The SMILES string of the molecule is Cc1ccc(SC(C)CNC2CCCC2)cc1. The highest BCUT2D eigenvalue weighted by Gasteiger charge is 2.15. The van der Waals surface area contributed by atoms with Crippen LogP contribution < -0.4 is 5.32 Å². The predicted octanol–water partition coefficient (Wildman–Crippen LogP) is 4.01. The summed E-state index contributed by atoms with van der Waals surface area (Å²) in [6, 6.07) is 9.63. The first-order chi connectivity index (χ1) is 8.24. The van der Waals surface area contributed by atoms with Gasteiger partial charge in [0, 0.05) is 22.7 Å².